The van der Waals surface area contributed by atoms with Crippen molar-refractivity contribution in [1.29, 1.82) is 0 Å². The standard InChI is InChI=1S/C31H38N2O15/c34-10-19-22(37)23(38)26(41)30(47-19)48-27-20(11-35)46-28(25(40)24(27)39)33-21(36)9-18(29(42)43)32-31(44)45-12-17-15-7-3-1-5-13(15)14-6-2-4-8-16(14)17/h1-8,17-20,22-28,30,34-35,37-41H,9-12H2,(H,32,44)(H,33,36)(H,42,43)/t18-,19+,20+,22+,23-,24+,25+,26+,27+,28+,30-/m0/s1. The van der Waals surface area contributed by atoms with Crippen molar-refractivity contribution in [3.05, 3.63) is 59.7 Å². The highest BCUT2D eigenvalue weighted by Gasteiger charge is 2.50. The molecule has 5 rings (SSSR count). The Balaban J connectivity index is 1.16. The van der Waals surface area contributed by atoms with Crippen molar-refractivity contribution in [3.8, 4) is 11.1 Å². The van der Waals surface area contributed by atoms with E-state index in [-0.39, 0.29) is 12.5 Å². The Morgan fingerprint density at radius 1 is 0.771 bits per heavy atom. The van der Waals surface area contributed by atoms with Crippen molar-refractivity contribution in [2.24, 2.45) is 0 Å². The third-order valence-electron chi connectivity index (χ3n) is 8.63. The highest BCUT2D eigenvalue weighted by Crippen LogP contribution is 2.44. The summed E-state index contributed by atoms with van der Waals surface area (Å²) in [5, 5.41) is 84.9. The smallest absolute Gasteiger partial charge is 0.407 e. The molecule has 2 amide bonds. The molecule has 0 aromatic heterocycles. The fourth-order valence-corrected chi connectivity index (χ4v) is 6.09. The summed E-state index contributed by atoms with van der Waals surface area (Å²) in [5.74, 6) is -2.88. The lowest BCUT2D eigenvalue weighted by Gasteiger charge is -2.46. The van der Waals surface area contributed by atoms with Crippen LogP contribution in [0.15, 0.2) is 48.5 Å². The number of carbonyl (C=O) groups is 3. The molecule has 1 aliphatic carbocycles. The first-order valence-electron chi connectivity index (χ1n) is 15.2. The molecule has 0 bridgehead atoms. The van der Waals surface area contributed by atoms with E-state index in [1.54, 1.807) is 0 Å². The molecule has 10 N–H and O–H groups in total. The number of carboxylic acid groups (broad SMARTS) is 1. The summed E-state index contributed by atoms with van der Waals surface area (Å²) < 4.78 is 21.6. The van der Waals surface area contributed by atoms with Gasteiger partial charge in [0.2, 0.25) is 5.91 Å². The molecule has 0 saturated carbocycles. The molecule has 0 spiro atoms. The molecular weight excluding hydrogens is 640 g/mol. The number of alkyl carbamates (subject to hydrolysis) is 1. The Kier molecular flexibility index (Phi) is 11.3. The van der Waals surface area contributed by atoms with Gasteiger partial charge < -0.3 is 70.4 Å². The van der Waals surface area contributed by atoms with Gasteiger partial charge in [-0.15, -0.1) is 0 Å². The maximum atomic E-state index is 12.8. The Labute approximate surface area is 273 Å². The van der Waals surface area contributed by atoms with Gasteiger partial charge in [-0.1, -0.05) is 48.5 Å². The van der Waals surface area contributed by atoms with Crippen LogP contribution in [-0.2, 0) is 28.5 Å². The third-order valence-corrected chi connectivity index (χ3v) is 8.63. The average Bonchev–Trinajstić information content (AvgIpc) is 3.40. The van der Waals surface area contributed by atoms with Crippen molar-refractivity contribution in [2.45, 2.75) is 79.7 Å². The summed E-state index contributed by atoms with van der Waals surface area (Å²) in [6.07, 6.45) is -19.0. The van der Waals surface area contributed by atoms with Gasteiger partial charge in [0.15, 0.2) is 12.5 Å². The molecule has 2 aromatic carbocycles. The van der Waals surface area contributed by atoms with Crippen LogP contribution in [0.4, 0.5) is 4.79 Å². The highest BCUT2D eigenvalue weighted by molar-refractivity contribution is 5.87. The lowest BCUT2D eigenvalue weighted by Crippen LogP contribution is -2.66. The van der Waals surface area contributed by atoms with Crippen molar-refractivity contribution in [1.82, 2.24) is 10.6 Å². The molecule has 11 atom stereocenters. The molecule has 0 radical (unpaired) electrons. The molecule has 2 heterocycles. The van der Waals surface area contributed by atoms with E-state index >= 15 is 0 Å². The zero-order chi connectivity index (χ0) is 34.7. The summed E-state index contributed by atoms with van der Waals surface area (Å²) >= 11 is 0. The Bertz CT molecular complexity index is 1410. The van der Waals surface area contributed by atoms with Crippen LogP contribution >= 0.6 is 0 Å². The topological polar surface area (TPSA) is 274 Å². The van der Waals surface area contributed by atoms with E-state index in [1.807, 2.05) is 48.5 Å². The number of aliphatic hydroxyl groups excluding tert-OH is 7. The number of hydrogen-bond acceptors (Lipinski definition) is 14. The van der Waals surface area contributed by atoms with Crippen molar-refractivity contribution >= 4 is 18.0 Å². The number of benzene rings is 2. The summed E-state index contributed by atoms with van der Waals surface area (Å²) in [6, 6.07) is 13.5. The number of hydrogen-bond donors (Lipinski definition) is 10. The van der Waals surface area contributed by atoms with Gasteiger partial charge in [0.1, 0.15) is 61.5 Å². The average molecular weight is 679 g/mol. The number of rotatable bonds is 11. The fraction of sp³-hybridized carbons (Fsp3) is 0.516. The van der Waals surface area contributed by atoms with Crippen LogP contribution < -0.4 is 10.6 Å². The van der Waals surface area contributed by atoms with E-state index < -0.39 is 105 Å². The molecule has 17 heteroatoms. The number of carbonyl (C=O) groups excluding carboxylic acids is 2. The second-order valence-corrected chi connectivity index (χ2v) is 11.7. The molecular formula is C31H38N2O15. The minimum Gasteiger partial charge on any atom is -0.480 e. The van der Waals surface area contributed by atoms with E-state index in [1.165, 1.54) is 0 Å². The number of nitrogens with one attached hydrogen (secondary N) is 2. The zero-order valence-electron chi connectivity index (χ0n) is 25.3. The van der Waals surface area contributed by atoms with Crippen LogP contribution in [0, 0.1) is 0 Å². The molecule has 2 saturated heterocycles. The molecule has 3 aliphatic rings. The Hall–Kier alpha value is -3.75. The Morgan fingerprint density at radius 3 is 1.96 bits per heavy atom. The molecule has 17 nitrogen and oxygen atoms in total. The van der Waals surface area contributed by atoms with Crippen LogP contribution in [0.1, 0.15) is 23.5 Å². The van der Waals surface area contributed by atoms with E-state index in [0.717, 1.165) is 22.3 Å². The van der Waals surface area contributed by atoms with Crippen molar-refractivity contribution in [3.63, 3.8) is 0 Å². The maximum Gasteiger partial charge on any atom is 0.407 e. The normalized spacial score (nSPS) is 32.1. The second kappa shape index (κ2) is 15.2. The van der Waals surface area contributed by atoms with Gasteiger partial charge in [0, 0.05) is 5.92 Å². The number of amides is 2. The zero-order valence-corrected chi connectivity index (χ0v) is 25.3. The largest absolute Gasteiger partial charge is 0.480 e. The highest BCUT2D eigenvalue weighted by atomic mass is 16.7. The van der Waals surface area contributed by atoms with Crippen LogP contribution in [0.25, 0.3) is 11.1 Å². The van der Waals surface area contributed by atoms with Gasteiger partial charge in [-0.3, -0.25) is 4.79 Å². The minimum absolute atomic E-state index is 0.104. The van der Waals surface area contributed by atoms with Gasteiger partial charge >= 0.3 is 12.1 Å². The minimum atomic E-state index is -1.93. The fourth-order valence-electron chi connectivity index (χ4n) is 6.09. The predicted octanol–water partition coefficient (Wildman–Crippen LogP) is -2.89. The number of aliphatic hydroxyl groups is 7. The van der Waals surface area contributed by atoms with Crippen LogP contribution in [-0.4, -0.2) is 146 Å². The second-order valence-electron chi connectivity index (χ2n) is 11.7. The first kappa shape index (κ1) is 35.6. The number of fused-ring (bicyclic) bond motifs is 3. The molecule has 2 aromatic rings. The summed E-state index contributed by atoms with van der Waals surface area (Å²) in [4.78, 5) is 37.4. The van der Waals surface area contributed by atoms with Crippen LogP contribution in [0.3, 0.4) is 0 Å². The molecule has 48 heavy (non-hydrogen) atoms. The summed E-state index contributed by atoms with van der Waals surface area (Å²) in [7, 11) is 0. The molecule has 2 aliphatic heterocycles. The van der Waals surface area contributed by atoms with Gasteiger partial charge in [-0.05, 0) is 22.3 Å². The quantitative estimate of drug-likeness (QED) is 0.114. The predicted molar refractivity (Wildman–Crippen MR) is 159 cm³/mol. The number of ether oxygens (including phenoxy) is 4. The number of carboxylic acids is 1. The summed E-state index contributed by atoms with van der Waals surface area (Å²) in [6.45, 7) is -1.71. The van der Waals surface area contributed by atoms with Crippen molar-refractivity contribution < 1.29 is 74.2 Å². The molecule has 0 unspecified atom stereocenters. The van der Waals surface area contributed by atoms with Crippen LogP contribution in [0.2, 0.25) is 0 Å². The van der Waals surface area contributed by atoms with E-state index in [0.29, 0.717) is 0 Å². The maximum absolute atomic E-state index is 12.8. The van der Waals surface area contributed by atoms with Crippen LogP contribution in [0.5, 0.6) is 0 Å². The first-order chi connectivity index (χ1) is 22.9. The lowest BCUT2D eigenvalue weighted by atomic mass is 9.96. The third kappa shape index (κ3) is 7.30. The molecule has 2 fully saturated rings. The molecule has 262 valence electrons. The monoisotopic (exact) mass is 678 g/mol. The van der Waals surface area contributed by atoms with Gasteiger partial charge in [0.25, 0.3) is 0 Å². The van der Waals surface area contributed by atoms with Crippen molar-refractivity contribution in [2.75, 3.05) is 19.8 Å². The summed E-state index contributed by atoms with van der Waals surface area (Å²) in [5.41, 5.74) is 3.87. The van der Waals surface area contributed by atoms with Gasteiger partial charge in [0.05, 0.1) is 19.6 Å². The van der Waals surface area contributed by atoms with E-state index in [9.17, 15) is 55.2 Å². The Morgan fingerprint density at radius 2 is 1.38 bits per heavy atom. The van der Waals surface area contributed by atoms with E-state index in [4.69, 9.17) is 18.9 Å². The van der Waals surface area contributed by atoms with Gasteiger partial charge in [-0.2, -0.15) is 0 Å². The van der Waals surface area contributed by atoms with Gasteiger partial charge in [-0.25, -0.2) is 9.59 Å². The van der Waals surface area contributed by atoms with E-state index in [2.05, 4.69) is 10.6 Å². The SMILES string of the molecule is O=C(C[C@H](NC(=O)OCC1c2ccccc2-c2ccccc21)C(=O)O)N[C@@H]1O[C@H](CO)[C@@H](O[C@@H]2O[C@H](CO)[C@@H](O)[C@H](O)[C@H]2O)[C@H](O)[C@H]1O. The lowest BCUT2D eigenvalue weighted by molar-refractivity contribution is -0.343. The first-order valence-corrected chi connectivity index (χ1v) is 15.2. The number of aliphatic carboxylic acids is 1.